The van der Waals surface area contributed by atoms with Crippen LogP contribution in [0.15, 0.2) is 12.4 Å². The molecule has 0 bridgehead atoms. The van der Waals surface area contributed by atoms with Crippen LogP contribution < -0.4 is 0 Å². The van der Waals surface area contributed by atoms with Crippen LogP contribution in [0.1, 0.15) is 25.3 Å². The number of aromatic nitrogens is 2. The molecule has 0 aliphatic carbocycles. The van der Waals surface area contributed by atoms with Gasteiger partial charge in [-0.1, -0.05) is 22.9 Å². The van der Waals surface area contributed by atoms with Gasteiger partial charge in [-0.2, -0.15) is 5.10 Å². The molecule has 2 nitrogen and oxygen atoms in total. The fourth-order valence-corrected chi connectivity index (χ4v) is 1.36. The fourth-order valence-electron chi connectivity index (χ4n) is 1.13. The Hall–Kier alpha value is -0.310. The standard InChI is InChI=1S/C9H15BrN2/c1-3-9(10)5-4-8-6-11-12(2)7-8/h6-7,9H,3-5H2,1-2H3. The van der Waals surface area contributed by atoms with Gasteiger partial charge in [0.15, 0.2) is 0 Å². The van der Waals surface area contributed by atoms with E-state index in [1.807, 2.05) is 17.9 Å². The van der Waals surface area contributed by atoms with Crippen molar-refractivity contribution in [3.05, 3.63) is 18.0 Å². The summed E-state index contributed by atoms with van der Waals surface area (Å²) in [6.45, 7) is 2.20. The van der Waals surface area contributed by atoms with Gasteiger partial charge in [-0.3, -0.25) is 4.68 Å². The lowest BCUT2D eigenvalue weighted by atomic mass is 10.1. The summed E-state index contributed by atoms with van der Waals surface area (Å²) in [5, 5.41) is 4.12. The van der Waals surface area contributed by atoms with Crippen molar-refractivity contribution in [2.75, 3.05) is 0 Å². The Morgan fingerprint density at radius 1 is 1.67 bits per heavy atom. The van der Waals surface area contributed by atoms with Gasteiger partial charge >= 0.3 is 0 Å². The molecular formula is C9H15BrN2. The van der Waals surface area contributed by atoms with Crippen LogP contribution in [-0.4, -0.2) is 14.6 Å². The maximum atomic E-state index is 4.12. The second kappa shape index (κ2) is 4.65. The summed E-state index contributed by atoms with van der Waals surface area (Å²) in [5.74, 6) is 0. The first-order valence-electron chi connectivity index (χ1n) is 4.34. The van der Waals surface area contributed by atoms with E-state index < -0.39 is 0 Å². The quantitative estimate of drug-likeness (QED) is 0.728. The average molecular weight is 231 g/mol. The molecule has 1 rings (SSSR count). The molecule has 1 unspecified atom stereocenters. The van der Waals surface area contributed by atoms with Gasteiger partial charge in [-0.15, -0.1) is 0 Å². The Morgan fingerprint density at radius 2 is 2.42 bits per heavy atom. The first-order valence-corrected chi connectivity index (χ1v) is 5.25. The molecule has 0 radical (unpaired) electrons. The molecule has 0 fully saturated rings. The van der Waals surface area contributed by atoms with E-state index in [9.17, 15) is 0 Å². The molecule has 1 heterocycles. The van der Waals surface area contributed by atoms with E-state index in [-0.39, 0.29) is 0 Å². The third kappa shape index (κ3) is 2.97. The highest BCUT2D eigenvalue weighted by molar-refractivity contribution is 9.09. The van der Waals surface area contributed by atoms with E-state index >= 15 is 0 Å². The molecule has 12 heavy (non-hydrogen) atoms. The Labute approximate surface area is 82.1 Å². The summed E-state index contributed by atoms with van der Waals surface area (Å²) in [7, 11) is 1.95. The monoisotopic (exact) mass is 230 g/mol. The summed E-state index contributed by atoms with van der Waals surface area (Å²) >= 11 is 3.61. The second-order valence-corrected chi connectivity index (χ2v) is 4.36. The molecule has 3 heteroatoms. The van der Waals surface area contributed by atoms with Gasteiger partial charge in [-0.05, 0) is 24.8 Å². The first kappa shape index (κ1) is 9.78. The Bertz CT molecular complexity index is 232. The molecule has 0 aliphatic heterocycles. The zero-order chi connectivity index (χ0) is 8.97. The van der Waals surface area contributed by atoms with Crippen LogP contribution in [0.3, 0.4) is 0 Å². The third-order valence-electron chi connectivity index (χ3n) is 1.95. The summed E-state index contributed by atoms with van der Waals surface area (Å²) in [6.07, 6.45) is 7.53. The molecule has 0 aliphatic rings. The highest BCUT2D eigenvalue weighted by Crippen LogP contribution is 2.12. The second-order valence-electron chi connectivity index (χ2n) is 3.07. The normalized spacial score (nSPS) is 13.2. The van der Waals surface area contributed by atoms with E-state index in [4.69, 9.17) is 0 Å². The van der Waals surface area contributed by atoms with Crippen LogP contribution in [0.5, 0.6) is 0 Å². The number of nitrogens with zero attached hydrogens (tertiary/aromatic N) is 2. The van der Waals surface area contributed by atoms with Gasteiger partial charge in [0.25, 0.3) is 0 Å². The maximum absolute atomic E-state index is 4.12. The highest BCUT2D eigenvalue weighted by Gasteiger charge is 2.02. The van der Waals surface area contributed by atoms with Crippen LogP contribution in [-0.2, 0) is 13.5 Å². The van der Waals surface area contributed by atoms with Crippen LogP contribution in [0.25, 0.3) is 0 Å². The molecule has 0 saturated carbocycles. The summed E-state index contributed by atoms with van der Waals surface area (Å²) in [4.78, 5) is 0.651. The number of halogens is 1. The van der Waals surface area contributed by atoms with Gasteiger partial charge in [0.05, 0.1) is 6.20 Å². The average Bonchev–Trinajstić information content (AvgIpc) is 2.47. The molecular weight excluding hydrogens is 216 g/mol. The lowest BCUT2D eigenvalue weighted by Crippen LogP contribution is -1.97. The molecule has 0 spiro atoms. The van der Waals surface area contributed by atoms with Crippen molar-refractivity contribution < 1.29 is 0 Å². The Morgan fingerprint density at radius 3 is 2.92 bits per heavy atom. The summed E-state index contributed by atoms with van der Waals surface area (Å²) < 4.78 is 1.85. The molecule has 1 aromatic rings. The van der Waals surface area contributed by atoms with Crippen molar-refractivity contribution in [3.63, 3.8) is 0 Å². The Kier molecular flexibility index (Phi) is 3.79. The molecule has 0 aromatic carbocycles. The van der Waals surface area contributed by atoms with Crippen molar-refractivity contribution in [1.29, 1.82) is 0 Å². The number of hydrogen-bond acceptors (Lipinski definition) is 1. The smallest absolute Gasteiger partial charge is 0.0521 e. The molecule has 68 valence electrons. The number of hydrogen-bond donors (Lipinski definition) is 0. The molecule has 1 aromatic heterocycles. The van der Waals surface area contributed by atoms with Crippen LogP contribution in [0, 0.1) is 0 Å². The number of aryl methyl sites for hydroxylation is 2. The number of rotatable bonds is 4. The lowest BCUT2D eigenvalue weighted by molar-refractivity contribution is 0.742. The maximum Gasteiger partial charge on any atom is 0.0521 e. The third-order valence-corrected chi connectivity index (χ3v) is 3.05. The fraction of sp³-hybridized carbons (Fsp3) is 0.667. The van der Waals surface area contributed by atoms with Gasteiger partial charge in [0.2, 0.25) is 0 Å². The molecule has 0 saturated heterocycles. The Balaban J connectivity index is 2.33. The van der Waals surface area contributed by atoms with E-state index in [2.05, 4.69) is 34.1 Å². The van der Waals surface area contributed by atoms with Gasteiger partial charge in [0, 0.05) is 18.1 Å². The van der Waals surface area contributed by atoms with Gasteiger partial charge in [-0.25, -0.2) is 0 Å². The zero-order valence-corrected chi connectivity index (χ0v) is 9.21. The first-order chi connectivity index (χ1) is 5.72. The minimum atomic E-state index is 0.651. The van der Waals surface area contributed by atoms with E-state index in [0.29, 0.717) is 4.83 Å². The van der Waals surface area contributed by atoms with E-state index in [1.165, 1.54) is 18.4 Å². The van der Waals surface area contributed by atoms with Crippen molar-refractivity contribution in [2.24, 2.45) is 7.05 Å². The molecule has 0 N–H and O–H groups in total. The highest BCUT2D eigenvalue weighted by atomic mass is 79.9. The van der Waals surface area contributed by atoms with Crippen LogP contribution >= 0.6 is 15.9 Å². The minimum absolute atomic E-state index is 0.651. The van der Waals surface area contributed by atoms with Crippen LogP contribution in [0.4, 0.5) is 0 Å². The predicted octanol–water partition coefficient (Wildman–Crippen LogP) is 2.53. The topological polar surface area (TPSA) is 17.8 Å². The largest absolute Gasteiger partial charge is 0.276 e. The van der Waals surface area contributed by atoms with Crippen molar-refractivity contribution >= 4 is 15.9 Å². The summed E-state index contributed by atoms with van der Waals surface area (Å²) in [6, 6.07) is 0. The van der Waals surface area contributed by atoms with Crippen molar-refractivity contribution in [1.82, 2.24) is 9.78 Å². The minimum Gasteiger partial charge on any atom is -0.276 e. The predicted molar refractivity (Wildman–Crippen MR) is 54.5 cm³/mol. The van der Waals surface area contributed by atoms with Gasteiger partial charge < -0.3 is 0 Å². The van der Waals surface area contributed by atoms with E-state index in [1.54, 1.807) is 0 Å². The van der Waals surface area contributed by atoms with E-state index in [0.717, 1.165) is 6.42 Å². The van der Waals surface area contributed by atoms with Crippen molar-refractivity contribution in [3.8, 4) is 0 Å². The van der Waals surface area contributed by atoms with Crippen LogP contribution in [0.2, 0.25) is 0 Å². The zero-order valence-electron chi connectivity index (χ0n) is 7.63. The summed E-state index contributed by atoms with van der Waals surface area (Å²) in [5.41, 5.74) is 1.33. The number of alkyl halides is 1. The van der Waals surface area contributed by atoms with Crippen molar-refractivity contribution in [2.45, 2.75) is 31.0 Å². The molecule has 1 atom stereocenters. The lowest BCUT2D eigenvalue weighted by Gasteiger charge is -2.03. The molecule has 0 amide bonds. The SMILES string of the molecule is CCC(Br)CCc1cnn(C)c1. The van der Waals surface area contributed by atoms with Gasteiger partial charge in [0.1, 0.15) is 0 Å².